The van der Waals surface area contributed by atoms with Crippen LogP contribution in [0, 0.1) is 10.1 Å². The number of rotatable bonds is 17. The second-order valence-electron chi connectivity index (χ2n) is 7.94. The lowest BCUT2D eigenvalue weighted by Crippen LogP contribution is -2.35. The number of hydrogen-bond donors (Lipinski definition) is 0. The fourth-order valence-electron chi connectivity index (χ4n) is 3.62. The van der Waals surface area contributed by atoms with E-state index < -0.39 is 14.9 Å². The number of hydrogen-bond acceptors (Lipinski definition) is 5. The van der Waals surface area contributed by atoms with Crippen molar-refractivity contribution < 1.29 is 13.3 Å². The van der Waals surface area contributed by atoms with Gasteiger partial charge < -0.3 is 0 Å². The van der Waals surface area contributed by atoms with Crippen LogP contribution in [0.1, 0.15) is 103 Å². The van der Waals surface area contributed by atoms with E-state index in [1.165, 1.54) is 86.7 Å². The average Bonchev–Trinajstić information content (AvgIpc) is 2.68. The summed E-state index contributed by atoms with van der Waals surface area (Å²) in [6.45, 7) is 2.60. The van der Waals surface area contributed by atoms with Gasteiger partial charge in [-0.15, -0.1) is 11.8 Å². The zero-order valence-electron chi connectivity index (χ0n) is 18.1. The Balaban J connectivity index is 2.07. The molecule has 0 aromatic heterocycles. The van der Waals surface area contributed by atoms with E-state index in [0.717, 1.165) is 31.2 Å². The molecule has 1 saturated heterocycles. The van der Waals surface area contributed by atoms with Crippen molar-refractivity contribution in [1.82, 2.24) is 4.31 Å². The fourth-order valence-corrected chi connectivity index (χ4v) is 6.52. The highest BCUT2D eigenvalue weighted by atomic mass is 32.2. The molecular weight excluding hydrogens is 408 g/mol. The van der Waals surface area contributed by atoms with Crippen LogP contribution in [0.5, 0.6) is 0 Å². The van der Waals surface area contributed by atoms with Gasteiger partial charge >= 0.3 is 0 Å². The number of nitrogens with zero attached hydrogens (tertiary/aromatic N) is 2. The van der Waals surface area contributed by atoms with Crippen LogP contribution in [0.25, 0.3) is 0 Å². The maximum atomic E-state index is 12.5. The molecule has 0 saturated carbocycles. The van der Waals surface area contributed by atoms with Crippen LogP contribution in [0.3, 0.4) is 0 Å². The number of nitro groups is 1. The third-order valence-electron chi connectivity index (χ3n) is 5.31. The van der Waals surface area contributed by atoms with Crippen molar-refractivity contribution in [1.29, 1.82) is 0 Å². The Morgan fingerprint density at radius 3 is 1.90 bits per heavy atom. The van der Waals surface area contributed by atoms with Gasteiger partial charge in [0, 0.05) is 12.3 Å². The van der Waals surface area contributed by atoms with E-state index >= 15 is 0 Å². The van der Waals surface area contributed by atoms with E-state index in [4.69, 9.17) is 0 Å². The first-order chi connectivity index (χ1) is 14.0. The number of sulfonamides is 1. The minimum absolute atomic E-state index is 0.0840. The second kappa shape index (κ2) is 16.0. The zero-order valence-corrected chi connectivity index (χ0v) is 19.8. The molecule has 6 nitrogen and oxygen atoms in total. The SMILES string of the molecule is CCCCCCCCCCCCCCCCS(=O)(=O)N1CCCSC1=C[N+](=O)[O-]. The molecule has 0 amide bonds. The lowest BCUT2D eigenvalue weighted by molar-refractivity contribution is -0.403. The van der Waals surface area contributed by atoms with Gasteiger partial charge in [-0.05, 0) is 12.8 Å². The normalized spacial score (nSPS) is 16.4. The van der Waals surface area contributed by atoms with Crippen LogP contribution in [-0.4, -0.2) is 35.7 Å². The molecule has 1 fully saturated rings. The van der Waals surface area contributed by atoms with Crippen LogP contribution < -0.4 is 0 Å². The van der Waals surface area contributed by atoms with Gasteiger partial charge in [0.15, 0.2) is 5.03 Å². The van der Waals surface area contributed by atoms with Gasteiger partial charge in [0.2, 0.25) is 10.0 Å². The summed E-state index contributed by atoms with van der Waals surface area (Å²) in [6.07, 6.45) is 18.7. The highest BCUT2D eigenvalue weighted by Crippen LogP contribution is 2.30. The van der Waals surface area contributed by atoms with E-state index in [-0.39, 0.29) is 10.8 Å². The van der Waals surface area contributed by atoms with Crippen molar-refractivity contribution in [2.45, 2.75) is 103 Å². The molecule has 0 spiro atoms. The summed E-state index contributed by atoms with van der Waals surface area (Å²) >= 11 is 1.26. The van der Waals surface area contributed by atoms with Gasteiger partial charge in [0.25, 0.3) is 6.20 Å². The van der Waals surface area contributed by atoms with Gasteiger partial charge in [0.05, 0.1) is 10.7 Å². The molecule has 0 radical (unpaired) electrons. The molecule has 170 valence electrons. The monoisotopic (exact) mass is 448 g/mol. The summed E-state index contributed by atoms with van der Waals surface area (Å²) in [4.78, 5) is 10.2. The molecule has 1 heterocycles. The first-order valence-electron chi connectivity index (χ1n) is 11.5. The van der Waals surface area contributed by atoms with E-state index in [9.17, 15) is 18.5 Å². The van der Waals surface area contributed by atoms with Crippen LogP contribution >= 0.6 is 11.8 Å². The minimum atomic E-state index is -3.45. The van der Waals surface area contributed by atoms with Crippen molar-refractivity contribution in [2.75, 3.05) is 18.1 Å². The van der Waals surface area contributed by atoms with Crippen molar-refractivity contribution >= 4 is 21.8 Å². The Kier molecular flexibility index (Phi) is 14.5. The molecule has 1 aliphatic rings. The lowest BCUT2D eigenvalue weighted by Gasteiger charge is -2.28. The highest BCUT2D eigenvalue weighted by Gasteiger charge is 2.29. The van der Waals surface area contributed by atoms with Gasteiger partial charge in [-0.2, -0.15) is 0 Å². The first kappa shape index (κ1) is 26.3. The Morgan fingerprint density at radius 2 is 1.41 bits per heavy atom. The quantitative estimate of drug-likeness (QED) is 0.148. The van der Waals surface area contributed by atoms with Crippen molar-refractivity contribution in [2.24, 2.45) is 0 Å². The molecule has 0 atom stereocenters. The smallest absolute Gasteiger partial charge is 0.259 e. The summed E-state index contributed by atoms with van der Waals surface area (Å²) in [7, 11) is -3.45. The Labute approximate surface area is 182 Å². The fraction of sp³-hybridized carbons (Fsp3) is 0.905. The van der Waals surface area contributed by atoms with Gasteiger partial charge in [0.1, 0.15) is 0 Å². The van der Waals surface area contributed by atoms with E-state index in [0.29, 0.717) is 13.0 Å². The van der Waals surface area contributed by atoms with Crippen LogP contribution in [0.15, 0.2) is 11.2 Å². The topological polar surface area (TPSA) is 80.5 Å². The molecule has 0 N–H and O–H groups in total. The Morgan fingerprint density at radius 1 is 0.931 bits per heavy atom. The van der Waals surface area contributed by atoms with Crippen molar-refractivity contribution in [3.8, 4) is 0 Å². The molecule has 1 rings (SSSR count). The van der Waals surface area contributed by atoms with Gasteiger partial charge in [-0.25, -0.2) is 8.42 Å². The van der Waals surface area contributed by atoms with E-state index in [1.807, 2.05) is 0 Å². The molecule has 0 aromatic carbocycles. The van der Waals surface area contributed by atoms with Crippen LogP contribution in [-0.2, 0) is 10.0 Å². The molecule has 0 bridgehead atoms. The summed E-state index contributed by atoms with van der Waals surface area (Å²) in [5.74, 6) is 0.811. The maximum Gasteiger partial charge on any atom is 0.265 e. The van der Waals surface area contributed by atoms with Crippen molar-refractivity contribution in [3.63, 3.8) is 0 Å². The molecule has 8 heteroatoms. The minimum Gasteiger partial charge on any atom is -0.259 e. The number of unbranched alkanes of at least 4 members (excludes halogenated alkanes) is 13. The molecule has 0 unspecified atom stereocenters. The standard InChI is InChI=1S/C21H40N2O4S2/c1-2-3-4-5-6-7-8-9-10-11-12-13-14-15-19-29(26,27)22-17-16-18-28-21(22)20-23(24)25/h20H,2-19H2,1H3. The van der Waals surface area contributed by atoms with Crippen LogP contribution in [0.2, 0.25) is 0 Å². The largest absolute Gasteiger partial charge is 0.265 e. The lowest BCUT2D eigenvalue weighted by atomic mass is 10.0. The Bertz CT molecular complexity index is 579. The molecule has 29 heavy (non-hydrogen) atoms. The second-order valence-corrected chi connectivity index (χ2v) is 11.1. The molecular formula is C21H40N2O4S2. The average molecular weight is 449 g/mol. The first-order valence-corrected chi connectivity index (χ1v) is 14.1. The van der Waals surface area contributed by atoms with Gasteiger partial charge in [-0.1, -0.05) is 90.4 Å². The maximum absolute atomic E-state index is 12.5. The summed E-state index contributed by atoms with van der Waals surface area (Å²) in [5, 5.41) is 11.0. The summed E-state index contributed by atoms with van der Waals surface area (Å²) < 4.78 is 26.3. The predicted octanol–water partition coefficient (Wildman–Crippen LogP) is 6.31. The summed E-state index contributed by atoms with van der Waals surface area (Å²) in [5.41, 5.74) is 0. The van der Waals surface area contributed by atoms with Gasteiger partial charge in [-0.3, -0.25) is 14.4 Å². The summed E-state index contributed by atoms with van der Waals surface area (Å²) in [6, 6.07) is 0. The number of thioether (sulfide) groups is 1. The predicted molar refractivity (Wildman–Crippen MR) is 123 cm³/mol. The molecule has 1 aliphatic heterocycles. The third-order valence-corrected chi connectivity index (χ3v) is 8.39. The molecule has 0 aromatic rings. The third kappa shape index (κ3) is 12.5. The van der Waals surface area contributed by atoms with E-state index in [2.05, 4.69) is 6.92 Å². The van der Waals surface area contributed by atoms with E-state index in [1.54, 1.807) is 0 Å². The van der Waals surface area contributed by atoms with Crippen LogP contribution in [0.4, 0.5) is 0 Å². The van der Waals surface area contributed by atoms with Crippen molar-refractivity contribution in [3.05, 3.63) is 21.3 Å². The Hall–Kier alpha value is -0.760. The highest BCUT2D eigenvalue weighted by molar-refractivity contribution is 8.04. The zero-order chi connectivity index (χ0) is 21.4. The molecule has 0 aliphatic carbocycles.